The molecule has 0 spiro atoms. The molecule has 0 atom stereocenters. The van der Waals surface area contributed by atoms with Crippen LogP contribution in [0.15, 0.2) is 10.9 Å². The van der Waals surface area contributed by atoms with Crippen molar-refractivity contribution in [2.75, 3.05) is 27.7 Å². The second-order valence-corrected chi connectivity index (χ2v) is 4.16. The number of amides is 1. The van der Waals surface area contributed by atoms with E-state index >= 15 is 0 Å². The molecule has 0 saturated heterocycles. The van der Waals surface area contributed by atoms with Crippen molar-refractivity contribution in [2.24, 2.45) is 0 Å². The van der Waals surface area contributed by atoms with Crippen molar-refractivity contribution in [2.45, 2.75) is 6.54 Å². The molecule has 1 rings (SSSR count). The highest BCUT2D eigenvalue weighted by molar-refractivity contribution is 7.07. The van der Waals surface area contributed by atoms with Gasteiger partial charge in [0.25, 0.3) is 0 Å². The zero-order valence-electron chi connectivity index (χ0n) is 8.73. The number of aromatic nitrogens is 1. The molecule has 0 aliphatic heterocycles. The second kappa shape index (κ2) is 5.07. The Labute approximate surface area is 88.2 Å². The van der Waals surface area contributed by atoms with E-state index in [4.69, 9.17) is 0 Å². The molecule has 1 aromatic heterocycles. The van der Waals surface area contributed by atoms with Crippen molar-refractivity contribution >= 4 is 17.2 Å². The first-order chi connectivity index (χ1) is 6.59. The van der Waals surface area contributed by atoms with Crippen LogP contribution in [0.1, 0.15) is 5.69 Å². The third-order valence-electron chi connectivity index (χ3n) is 1.82. The molecule has 0 aliphatic rings. The maximum Gasteiger partial charge on any atom is 0.236 e. The van der Waals surface area contributed by atoms with Gasteiger partial charge in [0.1, 0.15) is 0 Å². The Morgan fingerprint density at radius 1 is 1.50 bits per heavy atom. The van der Waals surface area contributed by atoms with Crippen molar-refractivity contribution in [3.05, 3.63) is 16.6 Å². The number of carbonyl (C=O) groups excluding carboxylic acids is 1. The van der Waals surface area contributed by atoms with E-state index in [1.165, 1.54) is 0 Å². The molecule has 1 heterocycles. The molecule has 0 saturated carbocycles. The van der Waals surface area contributed by atoms with Crippen LogP contribution in [0.3, 0.4) is 0 Å². The molecule has 0 fully saturated rings. The summed E-state index contributed by atoms with van der Waals surface area (Å²) in [5.41, 5.74) is 2.82. The summed E-state index contributed by atoms with van der Waals surface area (Å²) in [4.78, 5) is 19.1. The third-order valence-corrected chi connectivity index (χ3v) is 2.45. The van der Waals surface area contributed by atoms with Crippen molar-refractivity contribution < 1.29 is 4.79 Å². The zero-order chi connectivity index (χ0) is 10.6. The maximum absolute atomic E-state index is 11.3. The average molecular weight is 213 g/mol. The van der Waals surface area contributed by atoms with Crippen molar-refractivity contribution in [1.82, 2.24) is 14.8 Å². The topological polar surface area (TPSA) is 36.4 Å². The van der Waals surface area contributed by atoms with E-state index < -0.39 is 0 Å². The molecule has 1 amide bonds. The van der Waals surface area contributed by atoms with Crippen LogP contribution in [-0.4, -0.2) is 48.4 Å². The molecule has 0 unspecified atom stereocenters. The van der Waals surface area contributed by atoms with Gasteiger partial charge in [-0.2, -0.15) is 0 Å². The molecular formula is C9H15N3OS. The van der Waals surface area contributed by atoms with Crippen LogP contribution in [0.2, 0.25) is 0 Å². The molecule has 5 heteroatoms. The standard InChI is InChI=1S/C9H15N3OS/c1-11(2)9(13)5-12(3)4-8-6-14-7-10-8/h6-7H,4-5H2,1-3H3. The largest absolute Gasteiger partial charge is 0.348 e. The summed E-state index contributed by atoms with van der Waals surface area (Å²) >= 11 is 1.57. The summed E-state index contributed by atoms with van der Waals surface area (Å²) in [7, 11) is 5.44. The fourth-order valence-electron chi connectivity index (χ4n) is 1.02. The highest BCUT2D eigenvalue weighted by Gasteiger charge is 2.09. The molecule has 14 heavy (non-hydrogen) atoms. The monoisotopic (exact) mass is 213 g/mol. The Kier molecular flexibility index (Phi) is 4.03. The highest BCUT2D eigenvalue weighted by Crippen LogP contribution is 2.03. The van der Waals surface area contributed by atoms with Crippen molar-refractivity contribution in [3.8, 4) is 0 Å². The van der Waals surface area contributed by atoms with Gasteiger partial charge in [-0.05, 0) is 7.05 Å². The van der Waals surface area contributed by atoms with E-state index in [0.717, 1.165) is 12.2 Å². The van der Waals surface area contributed by atoms with Gasteiger partial charge in [-0.25, -0.2) is 4.98 Å². The summed E-state index contributed by atoms with van der Waals surface area (Å²) in [6.07, 6.45) is 0. The number of nitrogens with zero attached hydrogens (tertiary/aromatic N) is 3. The SMILES string of the molecule is CN(CC(=O)N(C)C)Cc1cscn1. The van der Waals surface area contributed by atoms with Crippen LogP contribution in [0, 0.1) is 0 Å². The van der Waals surface area contributed by atoms with Crippen molar-refractivity contribution in [1.29, 1.82) is 0 Å². The first-order valence-corrected chi connectivity index (χ1v) is 5.29. The lowest BCUT2D eigenvalue weighted by Crippen LogP contribution is -2.34. The van der Waals surface area contributed by atoms with Gasteiger partial charge in [0, 0.05) is 26.0 Å². The minimum Gasteiger partial charge on any atom is -0.348 e. The molecule has 0 radical (unpaired) electrons. The van der Waals surface area contributed by atoms with E-state index in [9.17, 15) is 4.79 Å². The molecule has 0 bridgehead atoms. The van der Waals surface area contributed by atoms with Gasteiger partial charge in [0.05, 0.1) is 17.7 Å². The van der Waals surface area contributed by atoms with E-state index in [2.05, 4.69) is 4.98 Å². The van der Waals surface area contributed by atoms with E-state index in [1.807, 2.05) is 17.3 Å². The maximum atomic E-state index is 11.3. The van der Waals surface area contributed by atoms with Crippen LogP contribution < -0.4 is 0 Å². The van der Waals surface area contributed by atoms with Crippen LogP contribution in [0.5, 0.6) is 0 Å². The summed E-state index contributed by atoms with van der Waals surface area (Å²) in [6.45, 7) is 1.16. The van der Waals surface area contributed by atoms with Crippen LogP contribution >= 0.6 is 11.3 Å². The van der Waals surface area contributed by atoms with Crippen molar-refractivity contribution in [3.63, 3.8) is 0 Å². The lowest BCUT2D eigenvalue weighted by atomic mass is 10.4. The fourth-order valence-corrected chi connectivity index (χ4v) is 1.57. The van der Waals surface area contributed by atoms with Crippen LogP contribution in [0.4, 0.5) is 0 Å². The number of thiazole rings is 1. The third kappa shape index (κ3) is 3.43. The quantitative estimate of drug-likeness (QED) is 0.737. The first-order valence-electron chi connectivity index (χ1n) is 4.35. The van der Waals surface area contributed by atoms with E-state index in [0.29, 0.717) is 6.54 Å². The summed E-state index contributed by atoms with van der Waals surface area (Å²) in [6, 6.07) is 0. The van der Waals surface area contributed by atoms with Gasteiger partial charge in [0.2, 0.25) is 5.91 Å². The number of carbonyl (C=O) groups is 1. The highest BCUT2D eigenvalue weighted by atomic mass is 32.1. The molecule has 0 aliphatic carbocycles. The van der Waals surface area contributed by atoms with E-state index in [1.54, 1.807) is 35.8 Å². The average Bonchev–Trinajstić information content (AvgIpc) is 2.56. The Bertz CT molecular complexity index is 284. The molecule has 4 nitrogen and oxygen atoms in total. The number of likely N-dealkylation sites (N-methyl/N-ethyl adjacent to an activating group) is 2. The lowest BCUT2D eigenvalue weighted by molar-refractivity contribution is -0.129. The fraction of sp³-hybridized carbons (Fsp3) is 0.556. The number of rotatable bonds is 4. The van der Waals surface area contributed by atoms with Gasteiger partial charge >= 0.3 is 0 Å². The van der Waals surface area contributed by atoms with Gasteiger partial charge in [-0.3, -0.25) is 9.69 Å². The second-order valence-electron chi connectivity index (χ2n) is 3.44. The van der Waals surface area contributed by atoms with Crippen LogP contribution in [0.25, 0.3) is 0 Å². The Morgan fingerprint density at radius 2 is 2.21 bits per heavy atom. The molecule has 1 aromatic rings. The molecular weight excluding hydrogens is 198 g/mol. The summed E-state index contributed by atoms with van der Waals surface area (Å²) in [5, 5.41) is 2.00. The van der Waals surface area contributed by atoms with Crippen LogP contribution in [-0.2, 0) is 11.3 Å². The minimum absolute atomic E-state index is 0.114. The Hall–Kier alpha value is -0.940. The summed E-state index contributed by atoms with van der Waals surface area (Å²) < 4.78 is 0. The van der Waals surface area contributed by atoms with Gasteiger partial charge in [-0.1, -0.05) is 0 Å². The normalized spacial score (nSPS) is 10.6. The minimum atomic E-state index is 0.114. The Balaban J connectivity index is 2.36. The molecule has 0 N–H and O–H groups in total. The lowest BCUT2D eigenvalue weighted by Gasteiger charge is -2.17. The Morgan fingerprint density at radius 3 is 2.71 bits per heavy atom. The smallest absolute Gasteiger partial charge is 0.236 e. The van der Waals surface area contributed by atoms with E-state index in [-0.39, 0.29) is 5.91 Å². The molecule has 0 aromatic carbocycles. The number of hydrogen-bond acceptors (Lipinski definition) is 4. The van der Waals surface area contributed by atoms with Gasteiger partial charge in [-0.15, -0.1) is 11.3 Å². The predicted molar refractivity (Wildman–Crippen MR) is 57.1 cm³/mol. The van der Waals surface area contributed by atoms with Gasteiger partial charge in [0.15, 0.2) is 0 Å². The predicted octanol–water partition coefficient (Wildman–Crippen LogP) is 0.663. The molecule has 78 valence electrons. The van der Waals surface area contributed by atoms with Gasteiger partial charge < -0.3 is 4.90 Å². The first kappa shape index (κ1) is 11.1. The number of hydrogen-bond donors (Lipinski definition) is 0. The summed E-state index contributed by atoms with van der Waals surface area (Å²) in [5.74, 6) is 0.114. The zero-order valence-corrected chi connectivity index (χ0v) is 9.54.